The van der Waals surface area contributed by atoms with E-state index in [1.54, 1.807) is 6.33 Å². The zero-order valence-electron chi connectivity index (χ0n) is 21.4. The van der Waals surface area contributed by atoms with Crippen molar-refractivity contribution in [3.8, 4) is 0 Å². The molecule has 32 heavy (non-hydrogen) atoms. The molecule has 0 unspecified atom stereocenters. The van der Waals surface area contributed by atoms with E-state index in [1.807, 2.05) is 0 Å². The van der Waals surface area contributed by atoms with Crippen molar-refractivity contribution < 1.29 is 0 Å². The van der Waals surface area contributed by atoms with Crippen LogP contribution in [0.15, 0.2) is 54.9 Å². The van der Waals surface area contributed by atoms with Gasteiger partial charge in [0.15, 0.2) is 0 Å². The highest BCUT2D eigenvalue weighted by molar-refractivity contribution is 6.08. The summed E-state index contributed by atoms with van der Waals surface area (Å²) in [5.74, 6) is 0.464. The van der Waals surface area contributed by atoms with Crippen LogP contribution in [-0.2, 0) is 10.8 Å². The molecule has 0 fully saturated rings. The molecule has 1 aromatic heterocycles. The third kappa shape index (κ3) is 6.86. The van der Waals surface area contributed by atoms with Crippen LogP contribution >= 0.6 is 0 Å². The standard InChI is InChI=1S/C18H21B.C11H20N2/c1-14-8-3-5-10-16(14)18(12-7-13-19)17-11-6-4-9-15(17)2;1-10(2,3)8-9(11(4,5)6)13-7-12-8/h3-6,8-11,18H,7,12-13H2,1-2H3;7H,1-6H3,(H,12,13). The minimum Gasteiger partial charge on any atom is -0.348 e. The zero-order valence-corrected chi connectivity index (χ0v) is 21.4. The molecule has 0 spiro atoms. The van der Waals surface area contributed by atoms with E-state index in [0.717, 1.165) is 19.2 Å². The first-order valence-electron chi connectivity index (χ1n) is 11.8. The van der Waals surface area contributed by atoms with Gasteiger partial charge < -0.3 is 4.98 Å². The average Bonchev–Trinajstić information content (AvgIpc) is 3.22. The molecule has 1 heterocycles. The van der Waals surface area contributed by atoms with Gasteiger partial charge >= 0.3 is 0 Å². The van der Waals surface area contributed by atoms with Gasteiger partial charge in [-0.3, -0.25) is 0 Å². The van der Waals surface area contributed by atoms with Crippen molar-refractivity contribution in [2.75, 3.05) is 0 Å². The predicted octanol–water partition coefficient (Wildman–Crippen LogP) is 7.81. The monoisotopic (exact) mass is 428 g/mol. The molecule has 0 aliphatic carbocycles. The van der Waals surface area contributed by atoms with Crippen LogP contribution in [0.1, 0.15) is 93.9 Å². The quantitative estimate of drug-likeness (QED) is 0.413. The third-order valence-electron chi connectivity index (χ3n) is 5.92. The Labute approximate surface area is 197 Å². The Morgan fingerprint density at radius 2 is 1.31 bits per heavy atom. The van der Waals surface area contributed by atoms with E-state index >= 15 is 0 Å². The summed E-state index contributed by atoms with van der Waals surface area (Å²) in [5.41, 5.74) is 8.32. The van der Waals surface area contributed by atoms with Crippen molar-refractivity contribution in [2.45, 2.75) is 91.3 Å². The number of hydrogen-bond donors (Lipinski definition) is 1. The van der Waals surface area contributed by atoms with Crippen LogP contribution < -0.4 is 0 Å². The van der Waals surface area contributed by atoms with Crippen LogP contribution in [0.5, 0.6) is 0 Å². The summed E-state index contributed by atoms with van der Waals surface area (Å²) in [4.78, 5) is 7.64. The second-order valence-corrected chi connectivity index (χ2v) is 10.8. The van der Waals surface area contributed by atoms with Gasteiger partial charge in [0, 0.05) is 22.4 Å². The maximum absolute atomic E-state index is 5.71. The Hall–Kier alpha value is -2.29. The number of nitrogens with one attached hydrogen (secondary N) is 1. The predicted molar refractivity (Wildman–Crippen MR) is 140 cm³/mol. The van der Waals surface area contributed by atoms with E-state index < -0.39 is 0 Å². The molecule has 0 aliphatic heterocycles. The van der Waals surface area contributed by atoms with Gasteiger partial charge in [-0.25, -0.2) is 4.98 Å². The molecule has 0 bridgehead atoms. The molecule has 3 heteroatoms. The van der Waals surface area contributed by atoms with Crippen LogP contribution in [0.25, 0.3) is 0 Å². The van der Waals surface area contributed by atoms with Crippen LogP contribution in [0, 0.1) is 13.8 Å². The number of aryl methyl sites for hydroxylation is 2. The lowest BCUT2D eigenvalue weighted by atomic mass is 9.81. The fourth-order valence-corrected chi connectivity index (χ4v) is 4.19. The molecule has 3 rings (SSSR count). The summed E-state index contributed by atoms with van der Waals surface area (Å²) in [6.45, 7) is 17.6. The highest BCUT2D eigenvalue weighted by atomic mass is 14.9. The van der Waals surface area contributed by atoms with Crippen LogP contribution in [0.2, 0.25) is 6.32 Å². The van der Waals surface area contributed by atoms with Gasteiger partial charge in [-0.2, -0.15) is 0 Å². The van der Waals surface area contributed by atoms with E-state index in [4.69, 9.17) is 7.85 Å². The van der Waals surface area contributed by atoms with E-state index in [0.29, 0.717) is 5.92 Å². The van der Waals surface area contributed by atoms with Crippen molar-refractivity contribution in [1.82, 2.24) is 9.97 Å². The summed E-state index contributed by atoms with van der Waals surface area (Å²) >= 11 is 0. The molecule has 0 saturated heterocycles. The maximum atomic E-state index is 5.71. The fraction of sp³-hybridized carbons (Fsp3) is 0.483. The first kappa shape index (κ1) is 26.0. The van der Waals surface area contributed by atoms with Gasteiger partial charge in [-0.05, 0) is 42.5 Å². The van der Waals surface area contributed by atoms with Gasteiger partial charge in [0.25, 0.3) is 0 Å². The SMILES string of the molecule is CC(C)(C)c1nc[nH]c1C(C)(C)C.[B]CCCC(c1ccccc1C)c1ccccc1C. The second-order valence-electron chi connectivity index (χ2n) is 10.8. The lowest BCUT2D eigenvalue weighted by molar-refractivity contribution is 0.512. The van der Waals surface area contributed by atoms with Gasteiger partial charge in [0.2, 0.25) is 0 Å². The summed E-state index contributed by atoms with van der Waals surface area (Å²) in [5, 5.41) is 0. The Balaban J connectivity index is 0.000000244. The van der Waals surface area contributed by atoms with E-state index in [9.17, 15) is 0 Å². The third-order valence-corrected chi connectivity index (χ3v) is 5.92. The second kappa shape index (κ2) is 11.0. The number of hydrogen-bond acceptors (Lipinski definition) is 1. The van der Waals surface area contributed by atoms with Gasteiger partial charge in [0.1, 0.15) is 0 Å². The first-order valence-corrected chi connectivity index (χ1v) is 11.8. The van der Waals surface area contributed by atoms with Crippen LogP contribution in [0.3, 0.4) is 0 Å². The lowest BCUT2D eigenvalue weighted by Crippen LogP contribution is -2.21. The molecule has 170 valence electrons. The van der Waals surface area contributed by atoms with Crippen LogP contribution in [-0.4, -0.2) is 17.8 Å². The molecule has 0 atom stereocenters. The molecule has 0 saturated carbocycles. The van der Waals surface area contributed by atoms with Gasteiger partial charge in [-0.15, -0.1) is 0 Å². The Morgan fingerprint density at radius 3 is 1.69 bits per heavy atom. The maximum Gasteiger partial charge on any atom is 0.0925 e. The van der Waals surface area contributed by atoms with Crippen LogP contribution in [0.4, 0.5) is 0 Å². The van der Waals surface area contributed by atoms with Crippen molar-refractivity contribution in [3.63, 3.8) is 0 Å². The summed E-state index contributed by atoms with van der Waals surface area (Å²) < 4.78 is 0. The van der Waals surface area contributed by atoms with Gasteiger partial charge in [0.05, 0.1) is 19.9 Å². The topological polar surface area (TPSA) is 28.7 Å². The summed E-state index contributed by atoms with van der Waals surface area (Å²) in [7, 11) is 5.71. The number of aromatic amines is 1. The van der Waals surface area contributed by atoms with Crippen molar-refractivity contribution in [2.24, 2.45) is 0 Å². The Bertz CT molecular complexity index is 899. The smallest absolute Gasteiger partial charge is 0.0925 e. The number of rotatable bonds is 5. The summed E-state index contributed by atoms with van der Waals surface area (Å²) in [6, 6.07) is 17.4. The number of imidazole rings is 1. The number of benzene rings is 2. The van der Waals surface area contributed by atoms with E-state index in [1.165, 1.54) is 33.6 Å². The minimum atomic E-state index is 0.128. The molecule has 1 N–H and O–H groups in total. The minimum absolute atomic E-state index is 0.128. The normalized spacial score (nSPS) is 11.9. The highest BCUT2D eigenvalue weighted by Crippen LogP contribution is 2.33. The number of H-pyrrole nitrogens is 1. The average molecular weight is 428 g/mol. The molecule has 0 amide bonds. The van der Waals surface area contributed by atoms with Crippen molar-refractivity contribution >= 4 is 7.85 Å². The molecule has 2 nitrogen and oxygen atoms in total. The molecule has 0 aliphatic rings. The molecule has 2 radical (unpaired) electrons. The Morgan fingerprint density at radius 1 is 0.812 bits per heavy atom. The van der Waals surface area contributed by atoms with Crippen molar-refractivity contribution in [3.05, 3.63) is 88.5 Å². The largest absolute Gasteiger partial charge is 0.348 e. The fourth-order valence-electron chi connectivity index (χ4n) is 4.19. The summed E-state index contributed by atoms with van der Waals surface area (Å²) in [6.07, 6.45) is 4.73. The molecular formula is C29H41BN2. The molecular weight excluding hydrogens is 387 g/mol. The van der Waals surface area contributed by atoms with E-state index in [2.05, 4.69) is 114 Å². The Kier molecular flexibility index (Phi) is 8.95. The lowest BCUT2D eigenvalue weighted by Gasteiger charge is -2.24. The highest BCUT2D eigenvalue weighted by Gasteiger charge is 2.27. The molecule has 3 aromatic rings. The van der Waals surface area contributed by atoms with E-state index in [-0.39, 0.29) is 10.8 Å². The van der Waals surface area contributed by atoms with Crippen molar-refractivity contribution in [1.29, 1.82) is 0 Å². The molecule has 2 aromatic carbocycles. The van der Waals surface area contributed by atoms with Gasteiger partial charge in [-0.1, -0.05) is 103 Å². The zero-order chi connectivity index (χ0) is 23.9. The first-order chi connectivity index (χ1) is 15.0. The number of nitrogens with zero attached hydrogens (tertiary/aromatic N) is 1. The number of aromatic nitrogens is 2.